The van der Waals surface area contributed by atoms with Crippen molar-refractivity contribution in [1.82, 2.24) is 20.0 Å². The number of nitrogens with one attached hydrogen (secondary N) is 3. The number of anilines is 2. The Morgan fingerprint density at radius 1 is 1.00 bits per heavy atom. The van der Waals surface area contributed by atoms with E-state index < -0.39 is 16.1 Å². The summed E-state index contributed by atoms with van der Waals surface area (Å²) in [4.78, 5) is 22.9. The molecule has 0 spiro atoms. The maximum Gasteiger partial charge on any atom is 0.328 e. The van der Waals surface area contributed by atoms with Crippen LogP contribution < -0.4 is 15.4 Å². The van der Waals surface area contributed by atoms with Crippen molar-refractivity contribution in [3.63, 3.8) is 0 Å². The number of rotatable bonds is 8. The van der Waals surface area contributed by atoms with Gasteiger partial charge in [0, 0.05) is 22.7 Å². The third kappa shape index (κ3) is 5.50. The summed E-state index contributed by atoms with van der Waals surface area (Å²) < 4.78 is 27.2. The van der Waals surface area contributed by atoms with Gasteiger partial charge in [0.05, 0.1) is 10.3 Å². The molecule has 0 aliphatic heterocycles. The second-order valence-corrected chi connectivity index (χ2v) is 11.5. The first-order valence-electron chi connectivity index (χ1n) is 11.7. The topological polar surface area (TPSA) is 113 Å². The molecular weight excluding hydrogens is 494 g/mol. The number of carbonyl (C=O) groups is 1. The highest BCUT2D eigenvalue weighted by Crippen LogP contribution is 2.41. The van der Waals surface area contributed by atoms with Gasteiger partial charge < -0.3 is 10.6 Å². The fourth-order valence-corrected chi connectivity index (χ4v) is 5.77. The Labute approximate surface area is 215 Å². The number of hydrogen-bond acceptors (Lipinski definition) is 7. The van der Waals surface area contributed by atoms with Crippen LogP contribution in [0.2, 0.25) is 0 Å². The third-order valence-corrected chi connectivity index (χ3v) is 8.29. The molecule has 0 aliphatic carbocycles. The lowest BCUT2D eigenvalue weighted by Crippen LogP contribution is -2.39. The minimum Gasteiger partial charge on any atom is -0.340 e. The molecular formula is C26H29N5O3S2. The van der Waals surface area contributed by atoms with Crippen LogP contribution in [-0.2, 0) is 10.0 Å². The van der Waals surface area contributed by atoms with Crippen LogP contribution in [0.25, 0.3) is 21.3 Å². The van der Waals surface area contributed by atoms with Crippen LogP contribution in [0.15, 0.2) is 53.7 Å². The van der Waals surface area contributed by atoms with E-state index in [4.69, 9.17) is 0 Å². The fourth-order valence-electron chi connectivity index (χ4n) is 3.83. The quantitative estimate of drug-likeness (QED) is 0.251. The average molecular weight is 524 g/mol. The molecule has 8 nitrogen and oxygen atoms in total. The molecule has 0 saturated carbocycles. The summed E-state index contributed by atoms with van der Waals surface area (Å²) in [6.07, 6.45) is 3.20. The Balaban J connectivity index is 1.60. The van der Waals surface area contributed by atoms with Crippen LogP contribution in [0.1, 0.15) is 35.8 Å². The summed E-state index contributed by atoms with van der Waals surface area (Å²) in [6.45, 7) is 8.66. The molecule has 188 valence electrons. The molecule has 2 aromatic heterocycles. The number of thiophene rings is 1. The zero-order chi connectivity index (χ0) is 25.9. The van der Waals surface area contributed by atoms with Gasteiger partial charge in [0.1, 0.15) is 17.0 Å². The van der Waals surface area contributed by atoms with Gasteiger partial charge in [0.25, 0.3) is 10.0 Å². The van der Waals surface area contributed by atoms with Gasteiger partial charge >= 0.3 is 6.03 Å². The van der Waals surface area contributed by atoms with Crippen LogP contribution in [0.5, 0.6) is 0 Å². The van der Waals surface area contributed by atoms with Crippen LogP contribution in [-0.4, -0.2) is 31.0 Å². The second kappa shape index (κ2) is 10.6. The maximum absolute atomic E-state index is 12.6. The highest BCUT2D eigenvalue weighted by atomic mass is 32.2. The summed E-state index contributed by atoms with van der Waals surface area (Å²) in [6, 6.07) is 11.8. The van der Waals surface area contributed by atoms with Crippen LogP contribution >= 0.6 is 11.3 Å². The van der Waals surface area contributed by atoms with Crippen molar-refractivity contribution in [2.45, 2.75) is 45.4 Å². The lowest BCUT2D eigenvalue weighted by atomic mass is 9.99. The zero-order valence-electron chi connectivity index (χ0n) is 20.7. The minimum absolute atomic E-state index is 0.00581. The van der Waals surface area contributed by atoms with Crippen molar-refractivity contribution in [3.8, 4) is 11.1 Å². The van der Waals surface area contributed by atoms with Crippen molar-refractivity contribution < 1.29 is 13.2 Å². The van der Waals surface area contributed by atoms with E-state index in [0.717, 1.165) is 39.1 Å². The van der Waals surface area contributed by atoms with E-state index in [1.807, 2.05) is 11.6 Å². The van der Waals surface area contributed by atoms with Gasteiger partial charge in [0.15, 0.2) is 0 Å². The zero-order valence-corrected chi connectivity index (χ0v) is 22.3. The standard InChI is InChI=1S/C26H29N5O3S2/c1-5-6-13-27-26(32)31-36(33,34)21-11-9-20(10-12-21)30-24-23-22(18(4)35-25(23)29-15-28-24)19-8-7-16(2)17(3)14-19/h7-12,14-15H,5-6,13H2,1-4H3,(H2,27,31,32)(H,28,29,30). The Bertz CT molecular complexity index is 1510. The molecule has 0 saturated heterocycles. The number of aryl methyl sites for hydroxylation is 3. The van der Waals surface area contributed by atoms with Crippen molar-refractivity contribution in [2.24, 2.45) is 0 Å². The van der Waals surface area contributed by atoms with Crippen molar-refractivity contribution >= 4 is 49.1 Å². The largest absolute Gasteiger partial charge is 0.340 e. The Hall–Kier alpha value is -3.50. The average Bonchev–Trinajstić information content (AvgIpc) is 3.18. The number of aromatic nitrogens is 2. The van der Waals surface area contributed by atoms with Crippen molar-refractivity contribution in [1.29, 1.82) is 0 Å². The molecule has 2 aromatic carbocycles. The van der Waals surface area contributed by atoms with Gasteiger partial charge in [-0.1, -0.05) is 31.5 Å². The molecule has 10 heteroatoms. The number of carbonyl (C=O) groups excluding carboxylic acids is 1. The van der Waals surface area contributed by atoms with Crippen LogP contribution in [0.3, 0.4) is 0 Å². The lowest BCUT2D eigenvalue weighted by molar-refractivity contribution is 0.245. The number of unbranched alkanes of at least 4 members (excludes halogenated alkanes) is 1. The first-order valence-corrected chi connectivity index (χ1v) is 14.0. The highest BCUT2D eigenvalue weighted by molar-refractivity contribution is 7.90. The second-order valence-electron chi connectivity index (χ2n) is 8.60. The summed E-state index contributed by atoms with van der Waals surface area (Å²) in [5.74, 6) is 0.640. The molecule has 0 fully saturated rings. The molecule has 0 bridgehead atoms. The maximum atomic E-state index is 12.6. The Morgan fingerprint density at radius 2 is 1.75 bits per heavy atom. The predicted molar refractivity (Wildman–Crippen MR) is 145 cm³/mol. The van der Waals surface area contributed by atoms with Gasteiger partial charge in [-0.25, -0.2) is 27.9 Å². The molecule has 3 N–H and O–H groups in total. The van der Waals surface area contributed by atoms with E-state index in [0.29, 0.717) is 18.1 Å². The minimum atomic E-state index is -3.98. The van der Waals surface area contributed by atoms with E-state index in [2.05, 4.69) is 59.6 Å². The molecule has 2 heterocycles. The molecule has 4 aromatic rings. The van der Waals surface area contributed by atoms with E-state index in [1.165, 1.54) is 29.6 Å². The molecule has 2 amide bonds. The van der Waals surface area contributed by atoms with E-state index in [-0.39, 0.29) is 4.90 Å². The predicted octanol–water partition coefficient (Wildman–Crippen LogP) is 5.82. The van der Waals surface area contributed by atoms with Crippen LogP contribution in [0, 0.1) is 20.8 Å². The lowest BCUT2D eigenvalue weighted by Gasteiger charge is -2.11. The van der Waals surface area contributed by atoms with Crippen molar-refractivity contribution in [3.05, 3.63) is 64.8 Å². The number of fused-ring (bicyclic) bond motifs is 1. The number of hydrogen-bond donors (Lipinski definition) is 3. The summed E-state index contributed by atoms with van der Waals surface area (Å²) >= 11 is 1.61. The third-order valence-electron chi connectivity index (χ3n) is 5.93. The van der Waals surface area contributed by atoms with Gasteiger partial charge in [0.2, 0.25) is 0 Å². The number of amides is 2. The van der Waals surface area contributed by atoms with Gasteiger partial charge in [-0.2, -0.15) is 0 Å². The molecule has 0 radical (unpaired) electrons. The first kappa shape index (κ1) is 25.6. The number of benzene rings is 2. The first-order chi connectivity index (χ1) is 17.2. The molecule has 0 aliphatic rings. The molecule has 36 heavy (non-hydrogen) atoms. The Kier molecular flexibility index (Phi) is 7.56. The molecule has 0 atom stereocenters. The van der Waals surface area contributed by atoms with E-state index in [9.17, 15) is 13.2 Å². The fraction of sp³-hybridized carbons (Fsp3) is 0.269. The molecule has 4 rings (SSSR count). The summed E-state index contributed by atoms with van der Waals surface area (Å²) in [7, 11) is -3.98. The van der Waals surface area contributed by atoms with Gasteiger partial charge in [-0.15, -0.1) is 11.3 Å². The van der Waals surface area contributed by atoms with E-state index >= 15 is 0 Å². The Morgan fingerprint density at radius 3 is 2.44 bits per heavy atom. The highest BCUT2D eigenvalue weighted by Gasteiger charge is 2.19. The smallest absolute Gasteiger partial charge is 0.328 e. The van der Waals surface area contributed by atoms with Crippen molar-refractivity contribution in [2.75, 3.05) is 11.9 Å². The van der Waals surface area contributed by atoms with Gasteiger partial charge in [-0.05, 0) is 68.1 Å². The number of sulfonamides is 1. The van der Waals surface area contributed by atoms with Crippen LogP contribution in [0.4, 0.5) is 16.3 Å². The summed E-state index contributed by atoms with van der Waals surface area (Å²) in [5, 5.41) is 6.78. The number of urea groups is 1. The monoisotopic (exact) mass is 523 g/mol. The van der Waals surface area contributed by atoms with E-state index in [1.54, 1.807) is 23.5 Å². The normalized spacial score (nSPS) is 11.4. The summed E-state index contributed by atoms with van der Waals surface area (Å²) in [5.41, 5.74) is 5.29. The van der Waals surface area contributed by atoms with Gasteiger partial charge in [-0.3, -0.25) is 0 Å². The molecule has 0 unspecified atom stereocenters. The SMILES string of the molecule is CCCCNC(=O)NS(=O)(=O)c1ccc(Nc2ncnc3sc(C)c(-c4ccc(C)c(C)c4)c23)cc1. The number of nitrogens with zero attached hydrogens (tertiary/aromatic N) is 2.